The minimum Gasteiger partial charge on any atom is -0.324 e. The lowest BCUT2D eigenvalue weighted by Gasteiger charge is -2.23. The molecule has 2 N–H and O–H groups in total. The van der Waals surface area contributed by atoms with Crippen molar-refractivity contribution in [3.8, 4) is 0 Å². The minimum absolute atomic E-state index is 0.0468. The van der Waals surface area contributed by atoms with E-state index in [0.717, 1.165) is 0 Å². The van der Waals surface area contributed by atoms with Crippen LogP contribution < -0.4 is 5.73 Å². The maximum Gasteiger partial charge on any atom is 0.176 e. The first-order valence-corrected chi connectivity index (χ1v) is 7.12. The van der Waals surface area contributed by atoms with Gasteiger partial charge in [-0.3, -0.25) is 4.79 Å². The summed E-state index contributed by atoms with van der Waals surface area (Å²) in [6.07, 6.45) is 1.20. The Hall–Kier alpha value is -1.20. The van der Waals surface area contributed by atoms with Crippen molar-refractivity contribution in [1.82, 2.24) is 0 Å². The molecule has 1 rings (SSSR count). The van der Waals surface area contributed by atoms with Crippen LogP contribution in [0.25, 0.3) is 0 Å². The largest absolute Gasteiger partial charge is 0.324 e. The standard InChI is InChI=1S/C12H17NO3S/c1-12(2,17(3,15)16)10-6-4-9(5-7-10)11(14)8-13/h4-7H,8,13H2,1-3H3. The highest BCUT2D eigenvalue weighted by Crippen LogP contribution is 2.28. The van der Waals surface area contributed by atoms with Gasteiger partial charge in [0, 0.05) is 11.8 Å². The van der Waals surface area contributed by atoms with Crippen LogP contribution in [0.1, 0.15) is 29.8 Å². The molecule has 1 aromatic rings. The number of carbonyl (C=O) groups excluding carboxylic acids is 1. The number of hydrogen-bond donors (Lipinski definition) is 1. The van der Waals surface area contributed by atoms with Crippen molar-refractivity contribution < 1.29 is 13.2 Å². The number of rotatable bonds is 4. The number of benzene rings is 1. The summed E-state index contributed by atoms with van der Waals surface area (Å²) < 4.78 is 22.3. The van der Waals surface area contributed by atoms with E-state index in [2.05, 4.69) is 0 Å². The molecule has 0 aliphatic rings. The molecule has 0 aromatic heterocycles. The summed E-state index contributed by atoms with van der Waals surface area (Å²) in [5.74, 6) is -0.159. The Bertz CT molecular complexity index is 515. The Labute approximate surface area is 102 Å². The minimum atomic E-state index is -3.20. The van der Waals surface area contributed by atoms with Crippen molar-refractivity contribution in [3.63, 3.8) is 0 Å². The van der Waals surface area contributed by atoms with E-state index in [9.17, 15) is 13.2 Å². The molecule has 0 aliphatic carbocycles. The van der Waals surface area contributed by atoms with Crippen LogP contribution in [-0.2, 0) is 14.6 Å². The van der Waals surface area contributed by atoms with Gasteiger partial charge in [-0.25, -0.2) is 8.42 Å². The van der Waals surface area contributed by atoms with Crippen LogP contribution in [0.5, 0.6) is 0 Å². The monoisotopic (exact) mass is 255 g/mol. The Kier molecular flexibility index (Phi) is 3.74. The van der Waals surface area contributed by atoms with E-state index in [0.29, 0.717) is 11.1 Å². The first-order chi connectivity index (χ1) is 7.70. The second-order valence-corrected chi connectivity index (χ2v) is 7.05. The predicted molar refractivity (Wildman–Crippen MR) is 67.7 cm³/mol. The van der Waals surface area contributed by atoms with Gasteiger partial charge < -0.3 is 5.73 Å². The van der Waals surface area contributed by atoms with Crippen LogP contribution in [0, 0.1) is 0 Å². The van der Waals surface area contributed by atoms with Gasteiger partial charge >= 0.3 is 0 Å². The fourth-order valence-corrected chi connectivity index (χ4v) is 1.95. The molecule has 0 heterocycles. The van der Waals surface area contributed by atoms with Gasteiger partial charge in [-0.1, -0.05) is 24.3 Å². The molecule has 0 saturated carbocycles. The lowest BCUT2D eigenvalue weighted by molar-refractivity contribution is 0.100. The summed E-state index contributed by atoms with van der Waals surface area (Å²) >= 11 is 0. The van der Waals surface area contributed by atoms with E-state index in [1.165, 1.54) is 6.26 Å². The van der Waals surface area contributed by atoms with Crippen LogP contribution in [-0.4, -0.2) is 27.0 Å². The Morgan fingerprint density at radius 1 is 1.24 bits per heavy atom. The molecule has 0 radical (unpaired) electrons. The third-order valence-corrected chi connectivity index (χ3v) is 5.10. The lowest BCUT2D eigenvalue weighted by Crippen LogP contribution is -2.28. The van der Waals surface area contributed by atoms with Crippen LogP contribution in [0.15, 0.2) is 24.3 Å². The molecule has 1 aromatic carbocycles. The van der Waals surface area contributed by atoms with Crippen molar-refractivity contribution in [2.75, 3.05) is 12.8 Å². The average molecular weight is 255 g/mol. The molecular weight excluding hydrogens is 238 g/mol. The predicted octanol–water partition coefficient (Wildman–Crippen LogP) is 1.11. The van der Waals surface area contributed by atoms with Gasteiger partial charge in [-0.15, -0.1) is 0 Å². The molecule has 0 atom stereocenters. The summed E-state index contributed by atoms with van der Waals surface area (Å²) in [4.78, 5) is 11.3. The molecule has 94 valence electrons. The van der Waals surface area contributed by atoms with E-state index >= 15 is 0 Å². The molecule has 0 aliphatic heterocycles. The molecule has 0 unspecified atom stereocenters. The maximum atomic E-state index is 11.6. The number of ketones is 1. The third kappa shape index (κ3) is 2.73. The van der Waals surface area contributed by atoms with Gasteiger partial charge in [0.05, 0.1) is 11.3 Å². The van der Waals surface area contributed by atoms with Crippen molar-refractivity contribution in [2.45, 2.75) is 18.6 Å². The van der Waals surface area contributed by atoms with Crippen molar-refractivity contribution >= 4 is 15.6 Å². The molecule has 5 heteroatoms. The molecule has 0 fully saturated rings. The van der Waals surface area contributed by atoms with Gasteiger partial charge in [-0.05, 0) is 19.4 Å². The Morgan fingerprint density at radius 2 is 1.71 bits per heavy atom. The van der Waals surface area contributed by atoms with Gasteiger partial charge in [0.1, 0.15) is 0 Å². The SMILES string of the molecule is CC(C)(c1ccc(C(=O)CN)cc1)S(C)(=O)=O. The number of sulfone groups is 1. The zero-order valence-corrected chi connectivity index (χ0v) is 11.0. The summed E-state index contributed by atoms with van der Waals surface area (Å²) in [5, 5.41) is 0. The number of hydrogen-bond acceptors (Lipinski definition) is 4. The van der Waals surface area contributed by atoms with Crippen molar-refractivity contribution in [1.29, 1.82) is 0 Å². The molecule has 4 nitrogen and oxygen atoms in total. The summed E-state index contributed by atoms with van der Waals surface area (Å²) in [5.41, 5.74) is 6.41. The van der Waals surface area contributed by atoms with E-state index in [1.807, 2.05) is 0 Å². The third-order valence-electron chi connectivity index (χ3n) is 3.01. The van der Waals surface area contributed by atoms with Gasteiger partial charge in [0.2, 0.25) is 0 Å². The van der Waals surface area contributed by atoms with Crippen LogP contribution in [0.2, 0.25) is 0 Å². The normalized spacial score (nSPS) is 12.5. The van der Waals surface area contributed by atoms with E-state index in [1.54, 1.807) is 38.1 Å². The maximum absolute atomic E-state index is 11.6. The van der Waals surface area contributed by atoms with E-state index in [4.69, 9.17) is 5.73 Å². The second kappa shape index (κ2) is 4.58. The van der Waals surface area contributed by atoms with Gasteiger partial charge in [-0.2, -0.15) is 0 Å². The Morgan fingerprint density at radius 3 is 2.06 bits per heavy atom. The first kappa shape index (κ1) is 13.9. The molecule has 0 spiro atoms. The Balaban J connectivity index is 3.16. The van der Waals surface area contributed by atoms with Crippen molar-refractivity contribution in [2.24, 2.45) is 5.73 Å². The molecular formula is C12H17NO3S. The fourth-order valence-electron chi connectivity index (χ4n) is 1.39. The van der Waals surface area contributed by atoms with Crippen LogP contribution >= 0.6 is 0 Å². The number of carbonyl (C=O) groups is 1. The summed E-state index contributed by atoms with van der Waals surface area (Å²) in [7, 11) is -3.20. The van der Waals surface area contributed by atoms with Gasteiger partial charge in [0.25, 0.3) is 0 Å². The van der Waals surface area contributed by atoms with E-state index < -0.39 is 14.6 Å². The average Bonchev–Trinajstić information content (AvgIpc) is 2.26. The summed E-state index contributed by atoms with van der Waals surface area (Å²) in [6, 6.07) is 6.53. The molecule has 0 saturated heterocycles. The highest BCUT2D eigenvalue weighted by molar-refractivity contribution is 7.91. The second-order valence-electron chi connectivity index (χ2n) is 4.49. The zero-order valence-electron chi connectivity index (χ0n) is 10.2. The van der Waals surface area contributed by atoms with Crippen LogP contribution in [0.3, 0.4) is 0 Å². The number of nitrogens with two attached hydrogens (primary N) is 1. The molecule has 17 heavy (non-hydrogen) atoms. The van der Waals surface area contributed by atoms with Gasteiger partial charge in [0.15, 0.2) is 15.6 Å². The highest BCUT2D eigenvalue weighted by Gasteiger charge is 2.32. The molecule has 0 amide bonds. The van der Waals surface area contributed by atoms with Crippen LogP contribution in [0.4, 0.5) is 0 Å². The quantitative estimate of drug-likeness (QED) is 0.817. The zero-order chi connectivity index (χ0) is 13.3. The summed E-state index contributed by atoms with van der Waals surface area (Å²) in [6.45, 7) is 3.24. The smallest absolute Gasteiger partial charge is 0.176 e. The van der Waals surface area contributed by atoms with E-state index in [-0.39, 0.29) is 12.3 Å². The molecule has 0 bridgehead atoms. The fraction of sp³-hybridized carbons (Fsp3) is 0.417. The highest BCUT2D eigenvalue weighted by atomic mass is 32.2. The lowest BCUT2D eigenvalue weighted by atomic mass is 9.99. The number of Topliss-reactive ketones (excluding diaryl/α,β-unsaturated/α-hetero) is 1. The van der Waals surface area contributed by atoms with Crippen molar-refractivity contribution in [3.05, 3.63) is 35.4 Å². The topological polar surface area (TPSA) is 77.2 Å². The first-order valence-electron chi connectivity index (χ1n) is 5.23.